The van der Waals surface area contributed by atoms with E-state index in [4.69, 9.17) is 9.84 Å². The van der Waals surface area contributed by atoms with Gasteiger partial charge in [-0.3, -0.25) is 4.79 Å². The lowest BCUT2D eigenvalue weighted by molar-refractivity contribution is -0.163. The average Bonchev–Trinajstić information content (AvgIpc) is 1.98. The third-order valence-electron chi connectivity index (χ3n) is 1.51. The average molecular weight is 210 g/mol. The van der Waals surface area contributed by atoms with Crippen molar-refractivity contribution in [2.24, 2.45) is 5.92 Å². The van der Waals surface area contributed by atoms with Crippen molar-refractivity contribution in [1.29, 1.82) is 0 Å². The summed E-state index contributed by atoms with van der Waals surface area (Å²) in [5.74, 6) is -1.39. The van der Waals surface area contributed by atoms with Gasteiger partial charge in [-0.1, -0.05) is 0 Å². The van der Waals surface area contributed by atoms with Crippen LogP contribution in [0.2, 0.25) is 0 Å². The zero-order valence-corrected chi connectivity index (χ0v) is 9.00. The maximum absolute atomic E-state index is 12.0. The van der Waals surface area contributed by atoms with Crippen molar-refractivity contribution in [2.75, 3.05) is 6.67 Å². The van der Waals surface area contributed by atoms with Crippen LogP contribution in [-0.4, -0.2) is 34.9 Å². The Hall–Kier alpha value is -0.680. The molecule has 0 bridgehead atoms. The number of carbonyl (C=O) groups is 1. The van der Waals surface area contributed by atoms with Crippen LogP contribution in [0.4, 0.5) is 4.39 Å². The van der Waals surface area contributed by atoms with Crippen LogP contribution in [0.25, 0.3) is 0 Å². The molecule has 0 rings (SSSR count). The third-order valence-corrected chi connectivity index (χ3v) is 1.51. The quantitative estimate of drug-likeness (QED) is 0.688. The van der Waals surface area contributed by atoms with E-state index in [0.717, 1.165) is 0 Å². The van der Waals surface area contributed by atoms with Crippen molar-refractivity contribution in [2.45, 2.75) is 39.4 Å². The van der Waals surface area contributed by atoms with Gasteiger partial charge in [-0.2, -0.15) is 0 Å². The first-order valence-corrected chi connectivity index (χ1v) is 4.25. The van der Waals surface area contributed by atoms with Gasteiger partial charge in [0, 0.05) is 0 Å². The van der Waals surface area contributed by atoms with Crippen molar-refractivity contribution >= 4 is 5.97 Å². The molecule has 0 saturated heterocycles. The van der Waals surface area contributed by atoms with Crippen LogP contribution in [0.5, 0.6) is 0 Å². The predicted molar refractivity (Wildman–Crippen MR) is 50.6 cm³/mol. The lowest BCUT2D eigenvalue weighted by Gasteiger charge is -2.23. The monoisotopic (exact) mass is 210 g/mol. The Kier molecular flexibility index (Phi) is 6.68. The topological polar surface area (TPSA) is 78.0 Å². The van der Waals surface area contributed by atoms with E-state index in [9.17, 15) is 9.18 Å². The maximum Gasteiger partial charge on any atom is 0.311 e. The number of hydrogen-bond donors (Lipinski definition) is 1. The van der Waals surface area contributed by atoms with Gasteiger partial charge in [-0.15, -0.1) is 0 Å². The standard InChI is InChI=1S/C9H17FO3.H2O/c1-6(7(11)5-10)8(12)13-9(2,3)4;/h6-7,11H,5H2,1-4H3;1H2. The van der Waals surface area contributed by atoms with Gasteiger partial charge in [0.15, 0.2) is 0 Å². The Bertz CT molecular complexity index is 176. The molecule has 3 N–H and O–H groups in total. The number of ether oxygens (including phenoxy) is 1. The Morgan fingerprint density at radius 3 is 2.21 bits per heavy atom. The second-order valence-corrected chi connectivity index (χ2v) is 4.04. The number of esters is 1. The first-order valence-electron chi connectivity index (χ1n) is 4.25. The van der Waals surface area contributed by atoms with E-state index in [-0.39, 0.29) is 5.48 Å². The first kappa shape index (κ1) is 15.8. The van der Waals surface area contributed by atoms with Gasteiger partial charge < -0.3 is 15.3 Å². The van der Waals surface area contributed by atoms with Gasteiger partial charge in [0.2, 0.25) is 0 Å². The van der Waals surface area contributed by atoms with Crippen LogP contribution >= 0.6 is 0 Å². The predicted octanol–water partition coefficient (Wildman–Crippen LogP) is 0.470. The van der Waals surface area contributed by atoms with E-state index in [1.807, 2.05) is 0 Å². The molecule has 0 amide bonds. The molecule has 14 heavy (non-hydrogen) atoms. The zero-order valence-electron chi connectivity index (χ0n) is 9.00. The molecular formula is C9H19FO4. The van der Waals surface area contributed by atoms with Crippen molar-refractivity contribution in [1.82, 2.24) is 0 Å². The minimum Gasteiger partial charge on any atom is -0.460 e. The SMILES string of the molecule is CC(C(=O)OC(C)(C)C)C(O)CF.O. The molecule has 0 aromatic heterocycles. The molecule has 0 aromatic carbocycles. The van der Waals surface area contributed by atoms with Crippen LogP contribution in [0.15, 0.2) is 0 Å². The second kappa shape index (κ2) is 5.93. The minimum absolute atomic E-state index is 0. The van der Waals surface area contributed by atoms with E-state index in [2.05, 4.69) is 0 Å². The van der Waals surface area contributed by atoms with Crippen molar-refractivity contribution < 1.29 is 24.5 Å². The molecule has 0 aliphatic carbocycles. The van der Waals surface area contributed by atoms with Gasteiger partial charge in [0.25, 0.3) is 0 Å². The molecule has 0 spiro atoms. The Morgan fingerprint density at radius 1 is 1.50 bits per heavy atom. The van der Waals surface area contributed by atoms with Gasteiger partial charge >= 0.3 is 5.97 Å². The summed E-state index contributed by atoms with van der Waals surface area (Å²) in [6, 6.07) is 0. The highest BCUT2D eigenvalue weighted by molar-refractivity contribution is 5.73. The molecular weight excluding hydrogens is 191 g/mol. The molecule has 0 saturated carbocycles. The normalized spacial score (nSPS) is 15.3. The molecule has 0 fully saturated rings. The summed E-state index contributed by atoms with van der Waals surface area (Å²) in [5.41, 5.74) is -0.596. The van der Waals surface area contributed by atoms with E-state index >= 15 is 0 Å². The number of rotatable bonds is 3. The van der Waals surface area contributed by atoms with Crippen LogP contribution < -0.4 is 0 Å². The molecule has 86 valence electrons. The lowest BCUT2D eigenvalue weighted by atomic mass is 10.1. The summed E-state index contributed by atoms with van der Waals surface area (Å²) < 4.78 is 16.9. The van der Waals surface area contributed by atoms with E-state index in [1.54, 1.807) is 20.8 Å². The summed E-state index contributed by atoms with van der Waals surface area (Å²) in [6.45, 7) is 5.68. The van der Waals surface area contributed by atoms with Gasteiger partial charge in [-0.25, -0.2) is 4.39 Å². The smallest absolute Gasteiger partial charge is 0.311 e. The molecule has 0 radical (unpaired) electrons. The minimum atomic E-state index is -1.27. The van der Waals surface area contributed by atoms with Crippen molar-refractivity contribution in [3.63, 3.8) is 0 Å². The number of halogens is 1. The largest absolute Gasteiger partial charge is 0.460 e. The summed E-state index contributed by atoms with van der Waals surface area (Å²) >= 11 is 0. The number of alkyl halides is 1. The van der Waals surface area contributed by atoms with Gasteiger partial charge in [-0.05, 0) is 27.7 Å². The molecule has 0 heterocycles. The van der Waals surface area contributed by atoms with Gasteiger partial charge in [0.05, 0.1) is 12.0 Å². The third kappa shape index (κ3) is 5.88. The van der Waals surface area contributed by atoms with Crippen LogP contribution in [0.3, 0.4) is 0 Å². The molecule has 0 aliphatic rings. The number of aliphatic hydroxyl groups excluding tert-OH is 1. The number of aliphatic hydroxyl groups is 1. The fourth-order valence-corrected chi connectivity index (χ4v) is 0.685. The van der Waals surface area contributed by atoms with Crippen molar-refractivity contribution in [3.05, 3.63) is 0 Å². The zero-order chi connectivity index (χ0) is 10.6. The molecule has 2 atom stereocenters. The summed E-state index contributed by atoms with van der Waals surface area (Å²) in [6.07, 6.45) is -1.27. The Balaban J connectivity index is 0. The van der Waals surface area contributed by atoms with Crippen LogP contribution in [-0.2, 0) is 9.53 Å². The summed E-state index contributed by atoms with van der Waals surface area (Å²) in [7, 11) is 0. The second-order valence-electron chi connectivity index (χ2n) is 4.04. The maximum atomic E-state index is 12.0. The molecule has 5 heteroatoms. The molecule has 2 unspecified atom stereocenters. The highest BCUT2D eigenvalue weighted by Gasteiger charge is 2.26. The highest BCUT2D eigenvalue weighted by Crippen LogP contribution is 2.13. The summed E-state index contributed by atoms with van der Waals surface area (Å²) in [4.78, 5) is 11.2. The first-order chi connectivity index (χ1) is 5.78. The molecule has 0 aliphatic heterocycles. The van der Waals surface area contributed by atoms with E-state index in [0.29, 0.717) is 0 Å². The Morgan fingerprint density at radius 2 is 1.93 bits per heavy atom. The molecule has 4 nitrogen and oxygen atoms in total. The van der Waals surface area contributed by atoms with Crippen LogP contribution in [0.1, 0.15) is 27.7 Å². The van der Waals surface area contributed by atoms with E-state index < -0.39 is 30.3 Å². The van der Waals surface area contributed by atoms with Crippen LogP contribution in [0, 0.1) is 5.92 Å². The van der Waals surface area contributed by atoms with Crippen molar-refractivity contribution in [3.8, 4) is 0 Å². The highest BCUT2D eigenvalue weighted by atomic mass is 19.1. The number of hydrogen-bond acceptors (Lipinski definition) is 3. The number of carbonyl (C=O) groups excluding carboxylic acids is 1. The Labute approximate surface area is 83.4 Å². The summed E-state index contributed by atoms with van der Waals surface area (Å²) in [5, 5.41) is 9.02. The fraction of sp³-hybridized carbons (Fsp3) is 0.889. The lowest BCUT2D eigenvalue weighted by Crippen LogP contribution is -2.34. The molecule has 0 aromatic rings. The fourth-order valence-electron chi connectivity index (χ4n) is 0.685. The van der Waals surface area contributed by atoms with Gasteiger partial charge in [0.1, 0.15) is 12.3 Å². The van der Waals surface area contributed by atoms with E-state index in [1.165, 1.54) is 6.92 Å².